The van der Waals surface area contributed by atoms with Gasteiger partial charge in [0.25, 0.3) is 0 Å². The van der Waals surface area contributed by atoms with Crippen LogP contribution in [0.2, 0.25) is 0 Å². The van der Waals surface area contributed by atoms with E-state index in [9.17, 15) is 4.79 Å². The summed E-state index contributed by atoms with van der Waals surface area (Å²) < 4.78 is 8.17. The fourth-order valence-corrected chi connectivity index (χ4v) is 2.64. The lowest BCUT2D eigenvalue weighted by atomic mass is 10.0. The summed E-state index contributed by atoms with van der Waals surface area (Å²) in [6.07, 6.45) is 2.07. The van der Waals surface area contributed by atoms with Crippen LogP contribution in [0.5, 0.6) is 5.75 Å². The summed E-state index contributed by atoms with van der Waals surface area (Å²) >= 11 is 0. The summed E-state index contributed by atoms with van der Waals surface area (Å²) in [5, 5.41) is 0.759. The van der Waals surface area contributed by atoms with Crippen LogP contribution in [0.3, 0.4) is 0 Å². The van der Waals surface area contributed by atoms with Gasteiger partial charge < -0.3 is 9.30 Å². The molecule has 0 spiro atoms. The van der Waals surface area contributed by atoms with E-state index in [0.717, 1.165) is 27.8 Å². The first-order valence-electron chi connectivity index (χ1n) is 6.32. The maximum Gasteiger partial charge on any atom is 0.192 e. The maximum absolute atomic E-state index is 12.2. The molecule has 3 rings (SSSR count). The molecule has 0 radical (unpaired) electrons. The average Bonchev–Trinajstić information content (AvgIpc) is 2.34. The van der Waals surface area contributed by atoms with Crippen molar-refractivity contribution in [3.63, 3.8) is 0 Å². The minimum atomic E-state index is 0.104. The van der Waals surface area contributed by atoms with E-state index >= 15 is 0 Å². The van der Waals surface area contributed by atoms with Crippen LogP contribution in [0.15, 0.2) is 23.1 Å². The quantitative estimate of drug-likeness (QED) is 0.712. The lowest BCUT2D eigenvalue weighted by Crippen LogP contribution is -2.31. The second kappa shape index (κ2) is 3.61. The van der Waals surface area contributed by atoms with Crippen molar-refractivity contribution in [2.45, 2.75) is 39.8 Å². The summed E-state index contributed by atoms with van der Waals surface area (Å²) in [4.78, 5) is 12.2. The first kappa shape index (κ1) is 11.3. The third-order valence-corrected chi connectivity index (χ3v) is 3.94. The van der Waals surface area contributed by atoms with Gasteiger partial charge in [0.1, 0.15) is 11.9 Å². The van der Waals surface area contributed by atoms with Crippen LogP contribution < -0.4 is 10.2 Å². The van der Waals surface area contributed by atoms with Crippen LogP contribution >= 0.6 is 0 Å². The van der Waals surface area contributed by atoms with Crippen molar-refractivity contribution in [3.05, 3.63) is 39.7 Å². The molecule has 2 heterocycles. The molecule has 2 atom stereocenters. The zero-order valence-corrected chi connectivity index (χ0v) is 11.2. The fourth-order valence-electron chi connectivity index (χ4n) is 2.64. The van der Waals surface area contributed by atoms with Gasteiger partial charge >= 0.3 is 0 Å². The van der Waals surface area contributed by atoms with Crippen molar-refractivity contribution in [2.75, 3.05) is 0 Å². The summed E-state index contributed by atoms with van der Waals surface area (Å²) in [7, 11) is 0. The molecule has 2 unspecified atom stereocenters. The Morgan fingerprint density at radius 1 is 1.17 bits per heavy atom. The average molecular weight is 243 g/mol. The molecule has 1 aliphatic rings. The van der Waals surface area contributed by atoms with Crippen molar-refractivity contribution < 1.29 is 4.74 Å². The van der Waals surface area contributed by atoms with Crippen LogP contribution in [-0.2, 0) is 0 Å². The molecule has 2 aromatic rings. The Morgan fingerprint density at radius 3 is 2.61 bits per heavy atom. The molecule has 0 bridgehead atoms. The van der Waals surface area contributed by atoms with Gasteiger partial charge in [0.2, 0.25) is 0 Å². The van der Waals surface area contributed by atoms with E-state index in [1.165, 1.54) is 0 Å². The summed E-state index contributed by atoms with van der Waals surface area (Å²) in [6, 6.07) is 4.11. The van der Waals surface area contributed by atoms with Crippen LogP contribution in [0, 0.1) is 13.8 Å². The number of nitrogens with zero attached hydrogens (tertiary/aromatic N) is 1. The van der Waals surface area contributed by atoms with Crippen molar-refractivity contribution in [1.82, 2.24) is 4.57 Å². The SMILES string of the molecule is Cc1ccc2c(=O)c(C)cn3c2c1OC(C)C3C. The zero-order chi connectivity index (χ0) is 13.0. The molecular weight excluding hydrogens is 226 g/mol. The first-order chi connectivity index (χ1) is 8.50. The molecule has 18 heavy (non-hydrogen) atoms. The predicted molar refractivity (Wildman–Crippen MR) is 72.5 cm³/mol. The number of ether oxygens (including phenoxy) is 1. The second-order valence-corrected chi connectivity index (χ2v) is 5.22. The largest absolute Gasteiger partial charge is 0.486 e. The van der Waals surface area contributed by atoms with Gasteiger partial charge in [0, 0.05) is 17.1 Å². The van der Waals surface area contributed by atoms with E-state index < -0.39 is 0 Å². The smallest absolute Gasteiger partial charge is 0.192 e. The highest BCUT2D eigenvalue weighted by Crippen LogP contribution is 2.36. The van der Waals surface area contributed by atoms with Gasteiger partial charge in [-0.25, -0.2) is 0 Å². The van der Waals surface area contributed by atoms with Crippen molar-refractivity contribution >= 4 is 10.9 Å². The zero-order valence-electron chi connectivity index (χ0n) is 11.2. The lowest BCUT2D eigenvalue weighted by Gasteiger charge is -2.33. The fraction of sp³-hybridized carbons (Fsp3) is 0.400. The summed E-state index contributed by atoms with van der Waals surface area (Å²) in [6.45, 7) is 8.09. The monoisotopic (exact) mass is 243 g/mol. The first-order valence-corrected chi connectivity index (χ1v) is 6.32. The molecule has 0 saturated carbocycles. The number of aryl methyl sites for hydroxylation is 2. The molecule has 0 N–H and O–H groups in total. The lowest BCUT2D eigenvalue weighted by molar-refractivity contribution is 0.152. The molecule has 0 fully saturated rings. The van der Waals surface area contributed by atoms with E-state index in [-0.39, 0.29) is 17.6 Å². The summed E-state index contributed by atoms with van der Waals surface area (Å²) in [5.74, 6) is 0.857. The normalized spacial score (nSPS) is 22.0. The number of pyridine rings is 1. The highest BCUT2D eigenvalue weighted by Gasteiger charge is 2.26. The van der Waals surface area contributed by atoms with Gasteiger partial charge in [-0.1, -0.05) is 6.07 Å². The minimum Gasteiger partial charge on any atom is -0.486 e. The van der Waals surface area contributed by atoms with Crippen molar-refractivity contribution in [1.29, 1.82) is 0 Å². The van der Waals surface area contributed by atoms with Crippen LogP contribution in [0.1, 0.15) is 31.0 Å². The van der Waals surface area contributed by atoms with Crippen LogP contribution in [0.4, 0.5) is 0 Å². The Kier molecular flexibility index (Phi) is 2.27. The Hall–Kier alpha value is -1.77. The Bertz CT molecular complexity index is 700. The third kappa shape index (κ3) is 1.33. The van der Waals surface area contributed by atoms with E-state index in [0.29, 0.717) is 0 Å². The topological polar surface area (TPSA) is 31.2 Å². The van der Waals surface area contributed by atoms with Gasteiger partial charge in [-0.05, 0) is 39.3 Å². The van der Waals surface area contributed by atoms with E-state index in [2.05, 4.69) is 18.4 Å². The van der Waals surface area contributed by atoms with Crippen LogP contribution in [0.25, 0.3) is 10.9 Å². The molecule has 0 aliphatic carbocycles. The Balaban J connectivity index is 2.54. The standard InChI is InChI=1S/C15H17NO2/c1-8-5-6-12-13-15(8)18-11(4)10(3)16(13)7-9(2)14(12)17/h5-7,10-11H,1-4H3. The molecule has 0 saturated heterocycles. The molecule has 94 valence electrons. The molecule has 0 amide bonds. The number of rotatable bonds is 0. The number of hydrogen-bond donors (Lipinski definition) is 0. The summed E-state index contributed by atoms with van der Waals surface area (Å²) in [5.41, 5.74) is 2.92. The number of aromatic nitrogens is 1. The predicted octanol–water partition coefficient (Wildman–Crippen LogP) is 2.96. The maximum atomic E-state index is 12.2. The van der Waals surface area contributed by atoms with Gasteiger partial charge in [0.05, 0.1) is 11.6 Å². The number of hydrogen-bond acceptors (Lipinski definition) is 2. The third-order valence-electron chi connectivity index (χ3n) is 3.94. The molecular formula is C15H17NO2. The number of benzene rings is 1. The van der Waals surface area contributed by atoms with Gasteiger partial charge in [0.15, 0.2) is 5.43 Å². The van der Waals surface area contributed by atoms with Gasteiger partial charge in [-0.15, -0.1) is 0 Å². The highest BCUT2D eigenvalue weighted by molar-refractivity contribution is 5.87. The highest BCUT2D eigenvalue weighted by atomic mass is 16.5. The van der Waals surface area contributed by atoms with Crippen molar-refractivity contribution in [3.8, 4) is 5.75 Å². The Morgan fingerprint density at radius 2 is 1.89 bits per heavy atom. The van der Waals surface area contributed by atoms with Gasteiger partial charge in [-0.2, -0.15) is 0 Å². The molecule has 3 nitrogen and oxygen atoms in total. The molecule has 3 heteroatoms. The minimum absolute atomic E-state index is 0.104. The van der Waals surface area contributed by atoms with E-state index in [1.54, 1.807) is 0 Å². The second-order valence-electron chi connectivity index (χ2n) is 5.22. The Labute approximate surface area is 106 Å². The molecule has 1 aromatic heterocycles. The molecule has 1 aliphatic heterocycles. The van der Waals surface area contributed by atoms with E-state index in [4.69, 9.17) is 4.74 Å². The van der Waals surface area contributed by atoms with Gasteiger partial charge in [-0.3, -0.25) is 4.79 Å². The van der Waals surface area contributed by atoms with E-state index in [1.807, 2.05) is 32.2 Å². The molecule has 1 aromatic carbocycles. The van der Waals surface area contributed by atoms with Crippen LogP contribution in [-0.4, -0.2) is 10.7 Å². The van der Waals surface area contributed by atoms with Crippen molar-refractivity contribution in [2.24, 2.45) is 0 Å².